The van der Waals surface area contributed by atoms with Crippen LogP contribution < -0.4 is 5.73 Å². The lowest BCUT2D eigenvalue weighted by molar-refractivity contribution is 0.519. The van der Waals surface area contributed by atoms with Gasteiger partial charge in [0.1, 0.15) is 22.3 Å². The Morgan fingerprint density at radius 2 is 1.89 bits per heavy atom. The summed E-state index contributed by atoms with van der Waals surface area (Å²) in [6.07, 6.45) is 0. The molecule has 0 saturated carbocycles. The number of sulfone groups is 1. The Morgan fingerprint density at radius 3 is 2.37 bits per heavy atom. The standard InChI is InChI=1S/C9H9F2N5O2S/c1-16-14-8(13-15-16)4-19(17,18)9-6(10)2-5(12)3-7(9)11/h2-3H,4,12H2,1H3. The molecule has 0 unspecified atom stereocenters. The molecule has 19 heavy (non-hydrogen) atoms. The zero-order valence-electron chi connectivity index (χ0n) is 9.71. The number of benzene rings is 1. The summed E-state index contributed by atoms with van der Waals surface area (Å²) in [5, 5.41) is 10.5. The molecular formula is C9H9F2N5O2S. The van der Waals surface area contributed by atoms with E-state index >= 15 is 0 Å². The Morgan fingerprint density at radius 1 is 1.32 bits per heavy atom. The maximum Gasteiger partial charge on any atom is 0.191 e. The number of aryl methyl sites for hydroxylation is 1. The number of anilines is 1. The van der Waals surface area contributed by atoms with Crippen LogP contribution in [-0.2, 0) is 22.6 Å². The molecule has 1 aromatic carbocycles. The van der Waals surface area contributed by atoms with Gasteiger partial charge in [0.2, 0.25) is 0 Å². The summed E-state index contributed by atoms with van der Waals surface area (Å²) >= 11 is 0. The van der Waals surface area contributed by atoms with Crippen molar-refractivity contribution in [3.8, 4) is 0 Å². The van der Waals surface area contributed by atoms with Crippen molar-refractivity contribution < 1.29 is 17.2 Å². The number of halogens is 2. The number of rotatable bonds is 3. The predicted molar refractivity (Wildman–Crippen MR) is 60.5 cm³/mol. The molecular weight excluding hydrogens is 280 g/mol. The Hall–Kier alpha value is -2.10. The van der Waals surface area contributed by atoms with Gasteiger partial charge in [0.25, 0.3) is 0 Å². The first kappa shape index (κ1) is 13.3. The van der Waals surface area contributed by atoms with E-state index in [-0.39, 0.29) is 11.5 Å². The van der Waals surface area contributed by atoms with Gasteiger partial charge in [-0.25, -0.2) is 17.2 Å². The van der Waals surface area contributed by atoms with Crippen molar-refractivity contribution in [2.75, 3.05) is 5.73 Å². The highest BCUT2D eigenvalue weighted by Gasteiger charge is 2.26. The number of aromatic nitrogens is 4. The average Bonchev–Trinajstić information content (AvgIpc) is 2.60. The van der Waals surface area contributed by atoms with Crippen molar-refractivity contribution in [3.63, 3.8) is 0 Å². The van der Waals surface area contributed by atoms with Crippen molar-refractivity contribution in [1.82, 2.24) is 20.2 Å². The van der Waals surface area contributed by atoms with E-state index in [4.69, 9.17) is 5.73 Å². The average molecular weight is 289 g/mol. The van der Waals surface area contributed by atoms with Gasteiger partial charge in [0.15, 0.2) is 15.7 Å². The Kier molecular flexibility index (Phi) is 3.18. The number of tetrazole rings is 1. The maximum absolute atomic E-state index is 13.6. The van der Waals surface area contributed by atoms with Crippen LogP contribution in [0.4, 0.5) is 14.5 Å². The summed E-state index contributed by atoms with van der Waals surface area (Å²) in [6, 6.07) is 1.47. The maximum atomic E-state index is 13.6. The molecule has 2 aromatic rings. The van der Waals surface area contributed by atoms with Gasteiger partial charge in [-0.1, -0.05) is 0 Å². The number of nitrogens with two attached hydrogens (primary N) is 1. The van der Waals surface area contributed by atoms with E-state index in [0.29, 0.717) is 0 Å². The van der Waals surface area contributed by atoms with E-state index in [1.54, 1.807) is 0 Å². The van der Waals surface area contributed by atoms with Crippen LogP contribution in [0.15, 0.2) is 17.0 Å². The first-order chi connectivity index (χ1) is 8.79. The number of hydrogen-bond acceptors (Lipinski definition) is 6. The van der Waals surface area contributed by atoms with Crippen molar-refractivity contribution in [1.29, 1.82) is 0 Å². The number of nitrogens with zero attached hydrogens (tertiary/aromatic N) is 4. The molecule has 0 bridgehead atoms. The van der Waals surface area contributed by atoms with E-state index in [0.717, 1.165) is 16.9 Å². The minimum absolute atomic E-state index is 0.155. The lowest BCUT2D eigenvalue weighted by Gasteiger charge is -2.06. The molecule has 0 atom stereocenters. The molecule has 7 nitrogen and oxygen atoms in total. The van der Waals surface area contributed by atoms with Crippen LogP contribution >= 0.6 is 0 Å². The molecule has 102 valence electrons. The topological polar surface area (TPSA) is 104 Å². The third-order valence-corrected chi connectivity index (χ3v) is 3.85. The monoisotopic (exact) mass is 289 g/mol. The third kappa shape index (κ3) is 2.67. The summed E-state index contributed by atoms with van der Waals surface area (Å²) in [5.41, 5.74) is 5.01. The van der Waals surface area contributed by atoms with Gasteiger partial charge in [-0.3, -0.25) is 0 Å². The lowest BCUT2D eigenvalue weighted by atomic mass is 10.3. The largest absolute Gasteiger partial charge is 0.399 e. The molecule has 1 heterocycles. The fraction of sp³-hybridized carbons (Fsp3) is 0.222. The first-order valence-electron chi connectivity index (χ1n) is 5.00. The summed E-state index contributed by atoms with van der Waals surface area (Å²) in [4.78, 5) is -0.00487. The second-order valence-electron chi connectivity index (χ2n) is 3.77. The van der Waals surface area contributed by atoms with Gasteiger partial charge in [-0.2, -0.15) is 4.80 Å². The van der Waals surface area contributed by atoms with E-state index in [1.807, 2.05) is 0 Å². The molecule has 0 aliphatic rings. The second kappa shape index (κ2) is 4.53. The molecule has 0 fully saturated rings. The summed E-state index contributed by atoms with van der Waals surface area (Å²) < 4.78 is 51.0. The van der Waals surface area contributed by atoms with E-state index in [9.17, 15) is 17.2 Å². The molecule has 0 saturated heterocycles. The first-order valence-corrected chi connectivity index (χ1v) is 6.65. The zero-order valence-corrected chi connectivity index (χ0v) is 10.5. The fourth-order valence-corrected chi connectivity index (χ4v) is 2.81. The van der Waals surface area contributed by atoms with Crippen molar-refractivity contribution >= 4 is 15.5 Å². The molecule has 1 aromatic heterocycles. The summed E-state index contributed by atoms with van der Waals surface area (Å²) in [6.45, 7) is 0. The highest BCUT2D eigenvalue weighted by Crippen LogP contribution is 2.24. The van der Waals surface area contributed by atoms with Gasteiger partial charge in [-0.15, -0.1) is 10.2 Å². The van der Waals surface area contributed by atoms with Crippen molar-refractivity contribution in [3.05, 3.63) is 29.6 Å². The predicted octanol–water partition coefficient (Wildman–Crippen LogP) is 0.0444. The molecule has 2 rings (SSSR count). The molecule has 2 N–H and O–H groups in total. The van der Waals surface area contributed by atoms with Gasteiger partial charge >= 0.3 is 0 Å². The summed E-state index contributed by atoms with van der Waals surface area (Å²) in [7, 11) is -2.82. The van der Waals surface area contributed by atoms with E-state index in [1.165, 1.54) is 7.05 Å². The minimum atomic E-state index is -4.26. The normalized spacial score (nSPS) is 11.7. The number of hydrogen-bond donors (Lipinski definition) is 1. The van der Waals surface area contributed by atoms with Gasteiger partial charge in [-0.05, 0) is 17.3 Å². The second-order valence-corrected chi connectivity index (χ2v) is 5.69. The Labute approximate surface area is 106 Å². The number of nitrogen functional groups attached to an aromatic ring is 1. The van der Waals surface area contributed by atoms with Crippen LogP contribution in [0, 0.1) is 11.6 Å². The van der Waals surface area contributed by atoms with Gasteiger partial charge in [0.05, 0.1) is 7.05 Å². The highest BCUT2D eigenvalue weighted by molar-refractivity contribution is 7.90. The van der Waals surface area contributed by atoms with Gasteiger partial charge < -0.3 is 5.73 Å². The third-order valence-electron chi connectivity index (χ3n) is 2.20. The lowest BCUT2D eigenvalue weighted by Crippen LogP contribution is -2.11. The minimum Gasteiger partial charge on any atom is -0.399 e. The fourth-order valence-electron chi connectivity index (χ4n) is 1.50. The SMILES string of the molecule is Cn1nnc(CS(=O)(=O)c2c(F)cc(N)cc2F)n1. The molecule has 0 radical (unpaired) electrons. The zero-order chi connectivity index (χ0) is 14.2. The van der Waals surface area contributed by atoms with Crippen LogP contribution in [0.3, 0.4) is 0 Å². The molecule has 0 aliphatic heterocycles. The molecule has 0 spiro atoms. The van der Waals surface area contributed by atoms with Gasteiger partial charge in [0, 0.05) is 5.69 Å². The molecule has 10 heteroatoms. The Bertz CT molecular complexity index is 705. The van der Waals surface area contributed by atoms with Crippen LogP contribution in [0.5, 0.6) is 0 Å². The highest BCUT2D eigenvalue weighted by atomic mass is 32.2. The molecule has 0 amide bonds. The van der Waals surface area contributed by atoms with Crippen LogP contribution in [0.1, 0.15) is 5.82 Å². The Balaban J connectivity index is 2.45. The van der Waals surface area contributed by atoms with Crippen LogP contribution in [-0.4, -0.2) is 28.6 Å². The van der Waals surface area contributed by atoms with E-state index in [2.05, 4.69) is 15.4 Å². The van der Waals surface area contributed by atoms with E-state index < -0.39 is 32.1 Å². The van der Waals surface area contributed by atoms with Crippen LogP contribution in [0.25, 0.3) is 0 Å². The van der Waals surface area contributed by atoms with Crippen LogP contribution in [0.2, 0.25) is 0 Å². The van der Waals surface area contributed by atoms with Crippen molar-refractivity contribution in [2.45, 2.75) is 10.6 Å². The quantitative estimate of drug-likeness (QED) is 0.800. The van der Waals surface area contributed by atoms with Crippen molar-refractivity contribution in [2.24, 2.45) is 7.05 Å². The smallest absolute Gasteiger partial charge is 0.191 e. The summed E-state index contributed by atoms with van der Waals surface area (Å²) in [5.74, 6) is -3.40. The molecule has 0 aliphatic carbocycles.